The molecule has 4 nitrogen and oxygen atoms in total. The molecule has 0 aromatic heterocycles. The number of nitrogens with one attached hydrogen (secondary N) is 1. The quantitative estimate of drug-likeness (QED) is 0.895. The van der Waals surface area contributed by atoms with E-state index in [0.717, 1.165) is 37.8 Å². The molecule has 0 saturated carbocycles. The molecule has 4 rings (SSSR count). The summed E-state index contributed by atoms with van der Waals surface area (Å²) in [6.07, 6.45) is 6.03. The number of hydrogen-bond donors (Lipinski definition) is 1. The molecule has 0 aliphatic carbocycles. The fourth-order valence-electron chi connectivity index (χ4n) is 4.72. The molecule has 3 aliphatic rings. The van der Waals surface area contributed by atoms with E-state index in [1.54, 1.807) is 12.1 Å². The van der Waals surface area contributed by atoms with Gasteiger partial charge in [0.1, 0.15) is 11.9 Å². The highest BCUT2D eigenvalue weighted by atomic mass is 19.1. The number of likely N-dealkylation sites (tertiary alicyclic amines) is 1. The molecule has 1 aromatic carbocycles. The predicted octanol–water partition coefficient (Wildman–Crippen LogP) is 2.83. The molecule has 3 saturated heterocycles. The summed E-state index contributed by atoms with van der Waals surface area (Å²) in [7, 11) is 0. The van der Waals surface area contributed by atoms with Crippen molar-refractivity contribution in [2.45, 2.75) is 62.6 Å². The zero-order valence-corrected chi connectivity index (χ0v) is 14.6. The van der Waals surface area contributed by atoms with Gasteiger partial charge in [0.05, 0.1) is 0 Å². The normalized spacial score (nSPS) is 32.9. The van der Waals surface area contributed by atoms with Gasteiger partial charge in [0.15, 0.2) is 0 Å². The first kappa shape index (κ1) is 17.0. The Morgan fingerprint density at radius 1 is 1.20 bits per heavy atom. The third-order valence-corrected chi connectivity index (χ3v) is 5.96. The molecule has 1 aromatic rings. The minimum Gasteiger partial charge on any atom is -0.368 e. The van der Waals surface area contributed by atoms with E-state index in [0.29, 0.717) is 13.2 Å². The van der Waals surface area contributed by atoms with Gasteiger partial charge in [0.25, 0.3) is 5.91 Å². The van der Waals surface area contributed by atoms with E-state index in [4.69, 9.17) is 4.74 Å². The van der Waals surface area contributed by atoms with Crippen molar-refractivity contribution in [1.82, 2.24) is 10.2 Å². The van der Waals surface area contributed by atoms with Gasteiger partial charge in [-0.05, 0) is 49.9 Å². The van der Waals surface area contributed by atoms with E-state index in [1.807, 2.05) is 11.0 Å². The lowest BCUT2D eigenvalue weighted by molar-refractivity contribution is -0.142. The van der Waals surface area contributed by atoms with Gasteiger partial charge in [-0.15, -0.1) is 0 Å². The molecule has 0 unspecified atom stereocenters. The molecular weight excluding hydrogens is 319 g/mol. The van der Waals surface area contributed by atoms with E-state index < -0.39 is 0 Å². The fourth-order valence-corrected chi connectivity index (χ4v) is 4.72. The smallest absolute Gasteiger partial charge is 0.252 e. The lowest BCUT2D eigenvalue weighted by atomic mass is 9.88. The topological polar surface area (TPSA) is 41.6 Å². The number of carbonyl (C=O) groups is 1. The zero-order chi connectivity index (χ0) is 17.2. The summed E-state index contributed by atoms with van der Waals surface area (Å²) in [5, 5.41) is 3.67. The summed E-state index contributed by atoms with van der Waals surface area (Å²) in [5.74, 6) is 0.0710. The van der Waals surface area contributed by atoms with Gasteiger partial charge in [0, 0.05) is 31.2 Å². The van der Waals surface area contributed by atoms with E-state index in [2.05, 4.69) is 5.32 Å². The molecular formula is C20H27FN2O2. The van der Waals surface area contributed by atoms with E-state index >= 15 is 0 Å². The molecule has 3 aliphatic heterocycles. The zero-order valence-electron chi connectivity index (χ0n) is 14.6. The molecule has 3 fully saturated rings. The monoisotopic (exact) mass is 346 g/mol. The average molecular weight is 346 g/mol. The van der Waals surface area contributed by atoms with Gasteiger partial charge in [-0.2, -0.15) is 0 Å². The van der Waals surface area contributed by atoms with Crippen LogP contribution in [0.5, 0.6) is 0 Å². The minimum atomic E-state index is -0.280. The molecule has 5 heteroatoms. The first-order valence-corrected chi connectivity index (χ1v) is 9.65. The SMILES string of the molecule is O=C([C@@H]1CCCO1)N1C[C@@H](c2cccc(F)c2)[C@@H]2NCCCCC[C@H]21. The molecule has 25 heavy (non-hydrogen) atoms. The third-order valence-electron chi connectivity index (χ3n) is 5.96. The summed E-state index contributed by atoms with van der Waals surface area (Å²) in [4.78, 5) is 15.1. The van der Waals surface area contributed by atoms with Crippen LogP contribution < -0.4 is 5.32 Å². The van der Waals surface area contributed by atoms with Crippen LogP contribution in [0.3, 0.4) is 0 Å². The lowest BCUT2D eigenvalue weighted by Gasteiger charge is -2.32. The Hall–Kier alpha value is -1.46. The molecule has 0 radical (unpaired) electrons. The summed E-state index contributed by atoms with van der Waals surface area (Å²) < 4.78 is 19.4. The first-order valence-electron chi connectivity index (χ1n) is 9.65. The predicted molar refractivity (Wildman–Crippen MR) is 93.9 cm³/mol. The molecule has 4 atom stereocenters. The highest BCUT2D eigenvalue weighted by Gasteiger charge is 2.46. The van der Waals surface area contributed by atoms with Crippen LogP contribution in [-0.2, 0) is 9.53 Å². The van der Waals surface area contributed by atoms with E-state index in [1.165, 1.54) is 18.9 Å². The van der Waals surface area contributed by atoms with Crippen molar-refractivity contribution in [2.24, 2.45) is 0 Å². The van der Waals surface area contributed by atoms with Gasteiger partial charge >= 0.3 is 0 Å². The largest absolute Gasteiger partial charge is 0.368 e. The maximum absolute atomic E-state index is 13.8. The third kappa shape index (κ3) is 3.44. The fraction of sp³-hybridized carbons (Fsp3) is 0.650. The number of rotatable bonds is 2. The van der Waals surface area contributed by atoms with Gasteiger partial charge in [-0.3, -0.25) is 4.79 Å². The standard InChI is InChI=1S/C20H27FN2O2/c21-15-7-4-6-14(12-15)16-13-23(20(24)18-9-5-11-25-18)17-8-2-1-3-10-22-19(16)17/h4,6-7,12,16-19,22H,1-3,5,8-11,13H2/t16-,17+,18-,19-/m0/s1. The van der Waals surface area contributed by atoms with Crippen LogP contribution in [0.2, 0.25) is 0 Å². The Bertz CT molecular complexity index is 617. The van der Waals surface area contributed by atoms with Crippen molar-refractivity contribution in [1.29, 1.82) is 0 Å². The van der Waals surface area contributed by atoms with Gasteiger partial charge < -0.3 is 15.0 Å². The Morgan fingerprint density at radius 2 is 2.12 bits per heavy atom. The van der Waals surface area contributed by atoms with Crippen molar-refractivity contribution in [2.75, 3.05) is 19.7 Å². The van der Waals surface area contributed by atoms with Gasteiger partial charge in [-0.25, -0.2) is 4.39 Å². The van der Waals surface area contributed by atoms with Gasteiger partial charge in [-0.1, -0.05) is 25.0 Å². The Kier molecular flexibility index (Phi) is 5.04. The summed E-state index contributed by atoms with van der Waals surface area (Å²) in [6, 6.07) is 7.26. The van der Waals surface area contributed by atoms with Crippen molar-refractivity contribution < 1.29 is 13.9 Å². The Morgan fingerprint density at radius 3 is 2.92 bits per heavy atom. The van der Waals surface area contributed by atoms with Crippen molar-refractivity contribution in [3.63, 3.8) is 0 Å². The number of nitrogens with zero attached hydrogens (tertiary/aromatic N) is 1. The molecule has 3 heterocycles. The summed E-state index contributed by atoms with van der Waals surface area (Å²) in [6.45, 7) is 2.31. The first-order chi connectivity index (χ1) is 12.2. The number of ether oxygens (including phenoxy) is 1. The number of fused-ring (bicyclic) bond motifs is 1. The van der Waals surface area contributed by atoms with Crippen LogP contribution in [0.1, 0.15) is 50.0 Å². The van der Waals surface area contributed by atoms with Crippen LogP contribution in [0.25, 0.3) is 0 Å². The van der Waals surface area contributed by atoms with Crippen molar-refractivity contribution >= 4 is 5.91 Å². The highest BCUT2D eigenvalue weighted by Crippen LogP contribution is 2.37. The average Bonchev–Trinajstić information content (AvgIpc) is 3.22. The van der Waals surface area contributed by atoms with Crippen LogP contribution >= 0.6 is 0 Å². The lowest BCUT2D eigenvalue weighted by Crippen LogP contribution is -2.49. The van der Waals surface area contributed by atoms with E-state index in [9.17, 15) is 9.18 Å². The number of amides is 1. The number of benzene rings is 1. The number of carbonyl (C=O) groups excluding carboxylic acids is 1. The van der Waals surface area contributed by atoms with Crippen LogP contribution in [0.4, 0.5) is 4.39 Å². The second kappa shape index (κ2) is 7.42. The van der Waals surface area contributed by atoms with Crippen molar-refractivity contribution in [3.8, 4) is 0 Å². The van der Waals surface area contributed by atoms with Crippen LogP contribution in [0.15, 0.2) is 24.3 Å². The summed E-state index contributed by atoms with van der Waals surface area (Å²) >= 11 is 0. The maximum Gasteiger partial charge on any atom is 0.252 e. The second-order valence-electron chi connectivity index (χ2n) is 7.55. The van der Waals surface area contributed by atoms with Gasteiger partial charge in [0.2, 0.25) is 0 Å². The molecule has 0 spiro atoms. The second-order valence-corrected chi connectivity index (χ2v) is 7.55. The van der Waals surface area contributed by atoms with Crippen molar-refractivity contribution in [3.05, 3.63) is 35.6 Å². The van der Waals surface area contributed by atoms with Crippen LogP contribution in [0, 0.1) is 5.82 Å². The van der Waals surface area contributed by atoms with E-state index in [-0.39, 0.29) is 35.8 Å². The molecule has 136 valence electrons. The molecule has 1 N–H and O–H groups in total. The molecule has 0 bridgehead atoms. The maximum atomic E-state index is 13.8. The minimum absolute atomic E-state index is 0.133. The van der Waals surface area contributed by atoms with Crippen LogP contribution in [-0.4, -0.2) is 48.7 Å². The number of halogens is 1. The Labute approximate surface area is 148 Å². The highest BCUT2D eigenvalue weighted by molar-refractivity contribution is 5.82. The molecule has 1 amide bonds. The summed E-state index contributed by atoms with van der Waals surface area (Å²) in [5.41, 5.74) is 0.991. The number of hydrogen-bond acceptors (Lipinski definition) is 3. The Balaban J connectivity index is 1.62.